The lowest BCUT2D eigenvalue weighted by atomic mass is 9.90. The number of likely N-dealkylation sites (tertiary alicyclic amines) is 1. The lowest BCUT2D eigenvalue weighted by Crippen LogP contribution is -2.68. The van der Waals surface area contributed by atoms with Crippen LogP contribution in [-0.2, 0) is 20.8 Å². The Morgan fingerprint density at radius 2 is 2.03 bits per heavy atom. The first-order valence-corrected chi connectivity index (χ1v) is 13.3. The zero-order valence-corrected chi connectivity index (χ0v) is 21.9. The van der Waals surface area contributed by atoms with Crippen molar-refractivity contribution >= 4 is 35.2 Å². The zero-order valence-electron chi connectivity index (χ0n) is 21.9. The molecule has 206 valence electrons. The number of hydrogen-bond donors (Lipinski definition) is 4. The Kier molecular flexibility index (Phi) is 8.68. The molecule has 5 N–H and O–H groups in total. The lowest BCUT2D eigenvalue weighted by Gasteiger charge is -2.36. The number of aromatic nitrogens is 1. The third-order valence-corrected chi connectivity index (χ3v) is 8.22. The number of carbonyl (C=O) groups is 4. The minimum atomic E-state index is -0.991. The predicted molar refractivity (Wildman–Crippen MR) is 139 cm³/mol. The second-order valence-corrected chi connectivity index (χ2v) is 10.5. The molecule has 2 aromatic rings. The van der Waals surface area contributed by atoms with E-state index < -0.39 is 34.3 Å². The molecule has 11 nitrogen and oxygen atoms in total. The second kappa shape index (κ2) is 12.0. The zero-order chi connectivity index (χ0) is 27.3. The smallest absolute Gasteiger partial charge is 0.424 e. The summed E-state index contributed by atoms with van der Waals surface area (Å²) in [5, 5.41) is 14.3. The number of nitrogens with one attached hydrogen (secondary N) is 2. The summed E-state index contributed by atoms with van der Waals surface area (Å²) >= 11 is 0. The predicted octanol–water partition coefficient (Wildman–Crippen LogP) is 2.46. The van der Waals surface area contributed by atoms with E-state index in [0.29, 0.717) is 30.7 Å². The van der Waals surface area contributed by atoms with Crippen molar-refractivity contribution in [2.75, 3.05) is 26.7 Å². The number of primary amides is 1. The van der Waals surface area contributed by atoms with Crippen molar-refractivity contribution in [2.24, 2.45) is 17.6 Å². The number of nitrogens with zero attached hydrogens (tertiary/aromatic N) is 2. The summed E-state index contributed by atoms with van der Waals surface area (Å²) in [6.07, 6.45) is 7.92. The molecule has 2 fully saturated rings. The first kappa shape index (κ1) is 27.6. The highest BCUT2D eigenvalue weighted by molar-refractivity contribution is 5.91. The summed E-state index contributed by atoms with van der Waals surface area (Å²) in [6.45, 7) is 0.167. The van der Waals surface area contributed by atoms with E-state index in [9.17, 15) is 24.4 Å². The number of hydroxylamine groups is 2. The average Bonchev–Trinajstić information content (AvgIpc) is 3.68. The van der Waals surface area contributed by atoms with E-state index in [4.69, 9.17) is 10.5 Å². The maximum atomic E-state index is 14.1. The minimum Gasteiger partial charge on any atom is -0.497 e. The summed E-state index contributed by atoms with van der Waals surface area (Å²) in [6, 6.07) is 4.15. The van der Waals surface area contributed by atoms with Crippen LogP contribution in [0, 0.1) is 11.8 Å². The van der Waals surface area contributed by atoms with Crippen molar-refractivity contribution in [3.63, 3.8) is 0 Å². The largest absolute Gasteiger partial charge is 0.497 e. The van der Waals surface area contributed by atoms with Gasteiger partial charge in [0.1, 0.15) is 5.75 Å². The van der Waals surface area contributed by atoms with Gasteiger partial charge in [-0.1, -0.05) is 25.7 Å². The van der Waals surface area contributed by atoms with Crippen LogP contribution in [-0.4, -0.2) is 76.8 Å². The average molecular weight is 529 g/mol. The Hall–Kier alpha value is -3.44. The van der Waals surface area contributed by atoms with Crippen LogP contribution in [0.5, 0.6) is 5.75 Å². The van der Waals surface area contributed by atoms with E-state index in [1.54, 1.807) is 7.11 Å². The van der Waals surface area contributed by atoms with Gasteiger partial charge in [0, 0.05) is 36.5 Å². The number of H-pyrrole nitrogens is 1. The van der Waals surface area contributed by atoms with Crippen molar-refractivity contribution in [1.29, 1.82) is 0 Å². The van der Waals surface area contributed by atoms with Crippen LogP contribution in [0.4, 0.5) is 4.79 Å². The SMILES string of the molecule is COc1ccc2[nH]cc(CCNC(=O)[N+]3(C(=O)[C@H](CC4CCCC4)CN(O)C=O)CCC[C@H]3C(N)=O)c2c1. The number of fused-ring (bicyclic) bond motifs is 1. The molecular formula is C27H38N5O6+. The van der Waals surface area contributed by atoms with E-state index >= 15 is 0 Å². The highest BCUT2D eigenvalue weighted by Gasteiger charge is 2.58. The number of quaternary nitrogens is 1. The Morgan fingerprint density at radius 3 is 2.71 bits per heavy atom. The van der Waals surface area contributed by atoms with E-state index in [-0.39, 0.29) is 32.0 Å². The van der Waals surface area contributed by atoms with Gasteiger partial charge < -0.3 is 20.8 Å². The molecule has 1 aromatic carbocycles. The molecule has 1 aliphatic carbocycles. The van der Waals surface area contributed by atoms with Gasteiger partial charge in [-0.25, -0.2) is 14.7 Å². The van der Waals surface area contributed by atoms with Gasteiger partial charge in [-0.2, -0.15) is 4.48 Å². The number of hydrogen-bond acceptors (Lipinski definition) is 6. The lowest BCUT2D eigenvalue weighted by molar-refractivity contribution is -0.779. The number of carbonyl (C=O) groups excluding carboxylic acids is 4. The van der Waals surface area contributed by atoms with Crippen molar-refractivity contribution in [2.45, 2.75) is 57.4 Å². The molecule has 38 heavy (non-hydrogen) atoms. The number of benzene rings is 1. The number of aromatic amines is 1. The van der Waals surface area contributed by atoms with E-state index in [1.165, 1.54) is 0 Å². The maximum absolute atomic E-state index is 14.1. The molecule has 0 bridgehead atoms. The van der Waals surface area contributed by atoms with Gasteiger partial charge in [0.2, 0.25) is 6.41 Å². The maximum Gasteiger partial charge on any atom is 0.424 e. The van der Waals surface area contributed by atoms with Gasteiger partial charge in [0.05, 0.1) is 26.1 Å². The molecule has 2 heterocycles. The highest BCUT2D eigenvalue weighted by Crippen LogP contribution is 2.36. The van der Waals surface area contributed by atoms with Gasteiger partial charge in [-0.05, 0) is 42.5 Å². The van der Waals surface area contributed by atoms with Crippen molar-refractivity contribution in [3.8, 4) is 5.75 Å². The van der Waals surface area contributed by atoms with E-state index in [2.05, 4.69) is 10.3 Å². The van der Waals surface area contributed by atoms with Crippen LogP contribution >= 0.6 is 0 Å². The van der Waals surface area contributed by atoms with Crippen LogP contribution in [0.3, 0.4) is 0 Å². The molecule has 5 amide bonds. The van der Waals surface area contributed by atoms with Crippen molar-refractivity contribution < 1.29 is 33.6 Å². The van der Waals surface area contributed by atoms with Gasteiger partial charge >= 0.3 is 11.9 Å². The highest BCUT2D eigenvalue weighted by atomic mass is 16.5. The molecule has 0 spiro atoms. The van der Waals surface area contributed by atoms with Gasteiger partial charge in [-0.3, -0.25) is 14.8 Å². The fourth-order valence-corrected chi connectivity index (χ4v) is 6.31. The van der Waals surface area contributed by atoms with Gasteiger partial charge in [0.15, 0.2) is 6.04 Å². The summed E-state index contributed by atoms with van der Waals surface area (Å²) in [5.74, 6) is -0.972. The number of urea groups is 1. The van der Waals surface area contributed by atoms with Crippen LogP contribution < -0.4 is 15.8 Å². The standard InChI is InChI=1S/C27H37N5O6/c1-38-21-8-9-23-22(14-21)19(15-30-23)10-11-29-27(36)32(12-4-7-24(32)25(28)34)26(35)20(16-31(37)17-33)13-18-5-2-3-6-18/h8-9,14-15,17-18,20,24,30,37H,2-7,10-13,16H2,1H3,(H2-,28,29,34,36)/p+1/t20-,24+,32?/m1/s1. The Bertz CT molecular complexity index is 1180. The van der Waals surface area contributed by atoms with Gasteiger partial charge in [-0.15, -0.1) is 0 Å². The molecule has 0 radical (unpaired) electrons. The monoisotopic (exact) mass is 528 g/mol. The normalized spacial score (nSPS) is 22.3. The summed E-state index contributed by atoms with van der Waals surface area (Å²) in [5.41, 5.74) is 7.64. The van der Waals surface area contributed by atoms with Crippen LogP contribution in [0.15, 0.2) is 24.4 Å². The molecule has 2 aliphatic rings. The minimum absolute atomic E-state index is 0.149. The Labute approximate surface area is 221 Å². The van der Waals surface area contributed by atoms with Crippen molar-refractivity contribution in [1.82, 2.24) is 15.4 Å². The van der Waals surface area contributed by atoms with E-state index in [1.807, 2.05) is 24.4 Å². The van der Waals surface area contributed by atoms with Crippen molar-refractivity contribution in [3.05, 3.63) is 30.0 Å². The molecule has 1 saturated carbocycles. The number of amides is 5. The van der Waals surface area contributed by atoms with Crippen LogP contribution in [0.1, 0.15) is 50.5 Å². The molecular weight excluding hydrogens is 490 g/mol. The molecule has 4 rings (SSSR count). The van der Waals surface area contributed by atoms with E-state index in [0.717, 1.165) is 47.9 Å². The first-order valence-electron chi connectivity index (χ1n) is 13.3. The number of rotatable bonds is 11. The summed E-state index contributed by atoms with van der Waals surface area (Å²) < 4.78 is 4.60. The molecule has 1 saturated heterocycles. The van der Waals surface area contributed by atoms with Crippen LogP contribution in [0.2, 0.25) is 0 Å². The number of imide groups is 1. The second-order valence-electron chi connectivity index (χ2n) is 10.5. The van der Waals surface area contributed by atoms with Gasteiger partial charge in [0.25, 0.3) is 5.91 Å². The Morgan fingerprint density at radius 1 is 1.26 bits per heavy atom. The molecule has 11 heteroatoms. The molecule has 1 unspecified atom stereocenters. The topological polar surface area (TPSA) is 155 Å². The quantitative estimate of drug-likeness (QED) is 0.152. The molecule has 3 atom stereocenters. The molecule has 1 aliphatic heterocycles. The fraction of sp³-hybridized carbons (Fsp3) is 0.556. The summed E-state index contributed by atoms with van der Waals surface area (Å²) in [4.78, 5) is 54.8. The summed E-state index contributed by atoms with van der Waals surface area (Å²) in [7, 11) is 1.60. The number of ether oxygens (including phenoxy) is 1. The third-order valence-electron chi connectivity index (χ3n) is 8.22. The third kappa shape index (κ3) is 5.53. The molecule has 1 aromatic heterocycles. The Balaban J connectivity index is 1.55. The number of methoxy groups -OCH3 is 1. The number of nitrogens with two attached hydrogens (primary N) is 1. The first-order chi connectivity index (χ1) is 18.3. The van der Waals surface area contributed by atoms with Crippen LogP contribution in [0.25, 0.3) is 10.9 Å². The fourth-order valence-electron chi connectivity index (χ4n) is 6.31.